The Hall–Kier alpha value is -0.380. The number of hydrogen-bond donors (Lipinski definition) is 0. The fourth-order valence-electron chi connectivity index (χ4n) is 3.48. The monoisotopic (exact) mass is 382 g/mol. The highest BCUT2D eigenvalue weighted by molar-refractivity contribution is 4.81. The highest BCUT2D eigenvalue weighted by Gasteiger charge is 2.32. The van der Waals surface area contributed by atoms with Crippen LogP contribution in [0, 0.1) is 0 Å². The van der Waals surface area contributed by atoms with E-state index >= 15 is 0 Å². The summed E-state index contributed by atoms with van der Waals surface area (Å²) < 4.78 is 16.8. The van der Waals surface area contributed by atoms with Gasteiger partial charge in [-0.25, -0.2) is 0 Å². The number of unbranched alkanes of at least 4 members (excludes halogenated alkanes) is 13. The van der Waals surface area contributed by atoms with Crippen LogP contribution in [-0.4, -0.2) is 25.3 Å². The quantitative estimate of drug-likeness (QED) is 0.181. The van der Waals surface area contributed by atoms with Crippen molar-refractivity contribution in [3.8, 4) is 0 Å². The van der Waals surface area contributed by atoms with Gasteiger partial charge in [0.1, 0.15) is 6.61 Å². The van der Waals surface area contributed by atoms with Crippen LogP contribution in [0.1, 0.15) is 117 Å². The molecule has 0 saturated carbocycles. The third kappa shape index (κ3) is 15.2. The van der Waals surface area contributed by atoms with Crippen molar-refractivity contribution in [2.75, 3.05) is 13.2 Å². The highest BCUT2D eigenvalue weighted by Crippen LogP contribution is 2.23. The van der Waals surface area contributed by atoms with Crippen LogP contribution in [0.2, 0.25) is 0 Å². The van der Waals surface area contributed by atoms with E-state index in [0.717, 1.165) is 13.0 Å². The van der Waals surface area contributed by atoms with E-state index in [4.69, 9.17) is 14.2 Å². The van der Waals surface area contributed by atoms with Crippen molar-refractivity contribution in [2.45, 2.75) is 129 Å². The molecule has 160 valence electrons. The minimum absolute atomic E-state index is 0.172. The normalized spacial score (nSPS) is 19.3. The van der Waals surface area contributed by atoms with Gasteiger partial charge in [0.25, 0.3) is 0 Å². The van der Waals surface area contributed by atoms with Gasteiger partial charge in [-0.1, -0.05) is 83.3 Å². The second kappa shape index (κ2) is 16.6. The third-order valence-electron chi connectivity index (χ3n) is 5.19. The largest absolute Gasteiger partial charge is 0.350 e. The number of rotatable bonds is 18. The van der Waals surface area contributed by atoms with Gasteiger partial charge in [-0.3, -0.25) is 0 Å². The molecular weight excluding hydrogens is 336 g/mol. The van der Waals surface area contributed by atoms with E-state index in [1.54, 1.807) is 0 Å². The first-order valence-corrected chi connectivity index (χ1v) is 11.7. The Morgan fingerprint density at radius 1 is 0.778 bits per heavy atom. The van der Waals surface area contributed by atoms with Crippen LogP contribution in [0.15, 0.2) is 12.2 Å². The molecule has 1 aliphatic rings. The molecule has 1 aliphatic heterocycles. The molecule has 3 nitrogen and oxygen atoms in total. The third-order valence-corrected chi connectivity index (χ3v) is 5.19. The van der Waals surface area contributed by atoms with Crippen LogP contribution in [0.3, 0.4) is 0 Å². The second-order valence-corrected chi connectivity index (χ2v) is 8.42. The van der Waals surface area contributed by atoms with E-state index in [1.807, 2.05) is 13.8 Å². The fraction of sp³-hybridized carbons (Fsp3) is 0.917. The summed E-state index contributed by atoms with van der Waals surface area (Å²) in [6.45, 7) is 7.49. The lowest BCUT2D eigenvalue weighted by Crippen LogP contribution is -2.23. The molecule has 1 fully saturated rings. The first-order chi connectivity index (χ1) is 13.1. The van der Waals surface area contributed by atoms with Crippen LogP contribution >= 0.6 is 0 Å². The van der Waals surface area contributed by atoms with Gasteiger partial charge in [0.15, 0.2) is 12.1 Å². The van der Waals surface area contributed by atoms with E-state index in [9.17, 15) is 0 Å². The van der Waals surface area contributed by atoms with Crippen molar-refractivity contribution in [1.29, 1.82) is 0 Å². The molecule has 1 saturated heterocycles. The van der Waals surface area contributed by atoms with Gasteiger partial charge in [0.05, 0.1) is 0 Å². The van der Waals surface area contributed by atoms with Crippen LogP contribution in [0.4, 0.5) is 0 Å². The van der Waals surface area contributed by atoms with Crippen molar-refractivity contribution in [1.82, 2.24) is 0 Å². The molecule has 0 aliphatic carbocycles. The summed E-state index contributed by atoms with van der Waals surface area (Å²) in [7, 11) is 0. The first-order valence-electron chi connectivity index (χ1n) is 11.7. The van der Waals surface area contributed by atoms with E-state index in [0.29, 0.717) is 6.61 Å². The van der Waals surface area contributed by atoms with E-state index in [1.165, 1.54) is 89.9 Å². The van der Waals surface area contributed by atoms with Crippen LogP contribution in [-0.2, 0) is 14.2 Å². The first kappa shape index (κ1) is 24.7. The van der Waals surface area contributed by atoms with Crippen molar-refractivity contribution >= 4 is 0 Å². The molecule has 0 radical (unpaired) electrons. The average Bonchev–Trinajstić information content (AvgIpc) is 2.99. The summed E-state index contributed by atoms with van der Waals surface area (Å²) in [5.74, 6) is -0.478. The van der Waals surface area contributed by atoms with Gasteiger partial charge in [-0.2, -0.15) is 0 Å². The highest BCUT2D eigenvalue weighted by atomic mass is 16.8. The SMILES string of the molecule is CCCCCCCC/C=C\CCCCCCCCCOC1COC(C)(C)O1. The summed E-state index contributed by atoms with van der Waals surface area (Å²) in [5, 5.41) is 0. The lowest BCUT2D eigenvalue weighted by atomic mass is 10.1. The number of ether oxygens (including phenoxy) is 3. The summed E-state index contributed by atoms with van der Waals surface area (Å²) in [6, 6.07) is 0. The number of hydrogen-bond acceptors (Lipinski definition) is 3. The zero-order chi connectivity index (χ0) is 19.6. The predicted octanol–water partition coefficient (Wildman–Crippen LogP) is 7.54. The van der Waals surface area contributed by atoms with Crippen LogP contribution < -0.4 is 0 Å². The predicted molar refractivity (Wildman–Crippen MR) is 115 cm³/mol. The summed E-state index contributed by atoms with van der Waals surface area (Å²) in [5.41, 5.74) is 0. The molecule has 1 unspecified atom stereocenters. The van der Waals surface area contributed by atoms with E-state index in [2.05, 4.69) is 19.1 Å². The average molecular weight is 383 g/mol. The van der Waals surface area contributed by atoms with E-state index in [-0.39, 0.29) is 6.29 Å². The Balaban J connectivity index is 1.72. The molecule has 0 spiro atoms. The molecule has 27 heavy (non-hydrogen) atoms. The molecule has 1 heterocycles. The minimum Gasteiger partial charge on any atom is -0.350 e. The van der Waals surface area contributed by atoms with Gasteiger partial charge >= 0.3 is 0 Å². The van der Waals surface area contributed by atoms with Gasteiger partial charge in [-0.05, 0) is 46.0 Å². The Bertz CT molecular complexity index is 352. The second-order valence-electron chi connectivity index (χ2n) is 8.42. The number of allylic oxidation sites excluding steroid dienone is 2. The molecule has 0 aromatic heterocycles. The van der Waals surface area contributed by atoms with Crippen molar-refractivity contribution in [2.24, 2.45) is 0 Å². The van der Waals surface area contributed by atoms with Gasteiger partial charge in [0.2, 0.25) is 0 Å². The van der Waals surface area contributed by atoms with Crippen LogP contribution in [0.25, 0.3) is 0 Å². The van der Waals surface area contributed by atoms with Crippen molar-refractivity contribution in [3.63, 3.8) is 0 Å². The zero-order valence-electron chi connectivity index (χ0n) is 18.5. The molecule has 1 atom stereocenters. The lowest BCUT2D eigenvalue weighted by Gasteiger charge is -2.16. The molecule has 1 rings (SSSR count). The van der Waals surface area contributed by atoms with Gasteiger partial charge < -0.3 is 14.2 Å². The topological polar surface area (TPSA) is 27.7 Å². The molecule has 0 bridgehead atoms. The Morgan fingerprint density at radius 2 is 1.30 bits per heavy atom. The fourth-order valence-corrected chi connectivity index (χ4v) is 3.48. The van der Waals surface area contributed by atoms with Crippen molar-refractivity contribution in [3.05, 3.63) is 12.2 Å². The molecule has 0 amide bonds. The molecular formula is C24H46O3. The van der Waals surface area contributed by atoms with Gasteiger partial charge in [-0.15, -0.1) is 0 Å². The van der Waals surface area contributed by atoms with Crippen molar-refractivity contribution < 1.29 is 14.2 Å². The summed E-state index contributed by atoms with van der Waals surface area (Å²) >= 11 is 0. The Kier molecular flexibility index (Phi) is 15.1. The Labute approximate surface area is 169 Å². The standard InChI is InChI=1S/C24H46O3/c1-4-5-6-7-8-9-10-11-12-13-14-15-16-17-18-19-20-21-25-23-22-26-24(2,3)27-23/h11-12,23H,4-10,13-22H2,1-3H3/b12-11-. The van der Waals surface area contributed by atoms with Crippen LogP contribution in [0.5, 0.6) is 0 Å². The molecule has 0 N–H and O–H groups in total. The van der Waals surface area contributed by atoms with E-state index < -0.39 is 5.79 Å². The summed E-state index contributed by atoms with van der Waals surface area (Å²) in [6.07, 6.45) is 24.7. The summed E-state index contributed by atoms with van der Waals surface area (Å²) in [4.78, 5) is 0. The Morgan fingerprint density at radius 3 is 1.81 bits per heavy atom. The smallest absolute Gasteiger partial charge is 0.184 e. The maximum atomic E-state index is 5.71. The maximum Gasteiger partial charge on any atom is 0.184 e. The minimum atomic E-state index is -0.478. The molecule has 3 heteroatoms. The zero-order valence-corrected chi connectivity index (χ0v) is 18.5. The lowest BCUT2D eigenvalue weighted by molar-refractivity contribution is -0.190. The molecule has 0 aromatic carbocycles. The molecule has 0 aromatic rings. The van der Waals surface area contributed by atoms with Gasteiger partial charge in [0, 0.05) is 6.61 Å². The maximum absolute atomic E-state index is 5.71.